The van der Waals surface area contributed by atoms with Crippen LogP contribution in [0.2, 0.25) is 10.0 Å². The Balaban J connectivity index is 1.50. The molecule has 186 valence electrons. The normalized spacial score (nSPS) is 12.7. The Morgan fingerprint density at radius 3 is 2.41 bits per heavy atom. The number of aromatic carboxylic acids is 1. The van der Waals surface area contributed by atoms with Crippen molar-refractivity contribution in [3.63, 3.8) is 0 Å². The van der Waals surface area contributed by atoms with Crippen molar-refractivity contribution in [1.82, 2.24) is 0 Å². The minimum absolute atomic E-state index is 0.104. The van der Waals surface area contributed by atoms with Crippen LogP contribution in [0.15, 0.2) is 42.0 Å². The molecular formula is C27H19Cl2N3O4S. The molecule has 0 atom stereocenters. The topological polar surface area (TPSA) is 123 Å². The van der Waals surface area contributed by atoms with Gasteiger partial charge in [-0.15, -0.1) is 11.3 Å². The summed E-state index contributed by atoms with van der Waals surface area (Å²) in [5, 5.41) is 31.7. The number of carbonyl (C=O) groups excluding carboxylic acids is 1. The molecule has 1 aliphatic rings. The number of fused-ring (bicyclic) bond motifs is 1. The molecule has 0 spiro atoms. The second kappa shape index (κ2) is 11.5. The first-order valence-electron chi connectivity index (χ1n) is 11.2. The van der Waals surface area contributed by atoms with Gasteiger partial charge >= 0.3 is 5.97 Å². The predicted molar refractivity (Wildman–Crippen MR) is 142 cm³/mol. The van der Waals surface area contributed by atoms with E-state index in [2.05, 4.69) is 11.4 Å². The molecule has 0 saturated heterocycles. The first-order valence-corrected chi connectivity index (χ1v) is 12.8. The van der Waals surface area contributed by atoms with Crippen LogP contribution in [0.25, 0.3) is 6.08 Å². The highest BCUT2D eigenvalue weighted by atomic mass is 35.5. The SMILES string of the molecule is N#C/C(=C\c1cc(Cl)c(OCc2ccc(C(=O)O)cc2)c(Cl)c1)C(=O)Nc1sc2c(c1C#N)CCCC2. The third-order valence-corrected chi connectivity index (χ3v) is 7.56. The van der Waals surface area contributed by atoms with E-state index in [9.17, 15) is 20.1 Å². The van der Waals surface area contributed by atoms with Crippen molar-refractivity contribution in [3.8, 4) is 17.9 Å². The number of benzene rings is 2. The number of nitrogens with one attached hydrogen (secondary N) is 1. The zero-order chi connectivity index (χ0) is 26.5. The van der Waals surface area contributed by atoms with Crippen LogP contribution in [0.3, 0.4) is 0 Å². The lowest BCUT2D eigenvalue weighted by atomic mass is 9.96. The molecule has 37 heavy (non-hydrogen) atoms. The highest BCUT2D eigenvalue weighted by molar-refractivity contribution is 7.16. The minimum Gasteiger partial charge on any atom is -0.486 e. The standard InChI is InChI=1S/C27H19Cl2N3O4S/c28-21-10-16(11-22(29)24(21)36-14-15-5-7-17(8-6-15)27(34)35)9-18(12-30)25(33)32-26-20(13-31)19-3-1-2-4-23(19)37-26/h5-11H,1-4,14H2,(H,32,33)(H,34,35)/b18-9+. The van der Waals surface area contributed by atoms with Crippen LogP contribution in [-0.2, 0) is 24.2 Å². The summed E-state index contributed by atoms with van der Waals surface area (Å²) >= 11 is 14.1. The molecule has 1 aromatic heterocycles. The highest BCUT2D eigenvalue weighted by Gasteiger charge is 2.23. The molecule has 0 unspecified atom stereocenters. The van der Waals surface area contributed by atoms with E-state index in [0.717, 1.165) is 41.7 Å². The van der Waals surface area contributed by atoms with Gasteiger partial charge in [-0.25, -0.2) is 4.79 Å². The number of ether oxygens (including phenoxy) is 1. The van der Waals surface area contributed by atoms with Gasteiger partial charge in [0.2, 0.25) is 0 Å². The number of hydrogen-bond acceptors (Lipinski definition) is 6. The van der Waals surface area contributed by atoms with Crippen molar-refractivity contribution in [2.45, 2.75) is 32.3 Å². The maximum atomic E-state index is 12.9. The summed E-state index contributed by atoms with van der Waals surface area (Å²) in [4.78, 5) is 25.0. The summed E-state index contributed by atoms with van der Waals surface area (Å²) in [6, 6.07) is 13.3. The molecule has 1 amide bonds. The average Bonchev–Trinajstić information content (AvgIpc) is 3.23. The summed E-state index contributed by atoms with van der Waals surface area (Å²) in [6.45, 7) is 0.104. The fraction of sp³-hybridized carbons (Fsp3) is 0.185. The maximum Gasteiger partial charge on any atom is 0.335 e. The fourth-order valence-electron chi connectivity index (χ4n) is 3.96. The van der Waals surface area contributed by atoms with Gasteiger partial charge in [0.1, 0.15) is 29.3 Å². The van der Waals surface area contributed by atoms with Gasteiger partial charge in [0.05, 0.1) is 21.2 Å². The van der Waals surface area contributed by atoms with E-state index >= 15 is 0 Å². The summed E-state index contributed by atoms with van der Waals surface area (Å²) in [5.74, 6) is -1.43. The molecule has 1 aliphatic carbocycles. The van der Waals surface area contributed by atoms with Gasteiger partial charge in [0.15, 0.2) is 5.75 Å². The lowest BCUT2D eigenvalue weighted by Gasteiger charge is -2.11. The van der Waals surface area contributed by atoms with Gasteiger partial charge in [-0.3, -0.25) is 4.79 Å². The van der Waals surface area contributed by atoms with Crippen LogP contribution >= 0.6 is 34.5 Å². The molecular weight excluding hydrogens is 533 g/mol. The monoisotopic (exact) mass is 551 g/mol. The Hall–Kier alpha value is -3.82. The number of hydrogen-bond donors (Lipinski definition) is 2. The average molecular weight is 552 g/mol. The Morgan fingerprint density at radius 1 is 1.11 bits per heavy atom. The molecule has 0 aliphatic heterocycles. The quantitative estimate of drug-likeness (QED) is 0.251. The van der Waals surface area contributed by atoms with Crippen molar-refractivity contribution in [2.75, 3.05) is 5.32 Å². The van der Waals surface area contributed by atoms with Gasteiger partial charge < -0.3 is 15.2 Å². The highest BCUT2D eigenvalue weighted by Crippen LogP contribution is 2.38. The van der Waals surface area contributed by atoms with E-state index in [0.29, 0.717) is 16.1 Å². The van der Waals surface area contributed by atoms with E-state index in [1.807, 2.05) is 6.07 Å². The maximum absolute atomic E-state index is 12.9. The lowest BCUT2D eigenvalue weighted by molar-refractivity contribution is -0.112. The molecule has 1 heterocycles. The molecule has 7 nitrogen and oxygen atoms in total. The Bertz CT molecular complexity index is 1470. The number of carboxylic acids is 1. The van der Waals surface area contributed by atoms with Crippen LogP contribution in [0, 0.1) is 22.7 Å². The van der Waals surface area contributed by atoms with Crippen LogP contribution in [-0.4, -0.2) is 17.0 Å². The van der Waals surface area contributed by atoms with E-state index < -0.39 is 11.9 Å². The fourth-order valence-corrected chi connectivity index (χ4v) is 5.81. The van der Waals surface area contributed by atoms with Crippen LogP contribution in [0.4, 0.5) is 5.00 Å². The van der Waals surface area contributed by atoms with Gasteiger partial charge in [-0.05, 0) is 72.7 Å². The Kier molecular flexibility index (Phi) is 8.15. The summed E-state index contributed by atoms with van der Waals surface area (Å²) in [7, 11) is 0. The molecule has 10 heteroatoms. The number of halogens is 2. The first-order chi connectivity index (χ1) is 17.8. The summed E-state index contributed by atoms with van der Waals surface area (Å²) in [5.41, 5.74) is 2.59. The van der Waals surface area contributed by atoms with Crippen LogP contribution in [0.5, 0.6) is 5.75 Å². The second-order valence-corrected chi connectivity index (χ2v) is 10.2. The molecule has 0 fully saturated rings. The number of amides is 1. The van der Waals surface area contributed by atoms with Gasteiger partial charge in [0, 0.05) is 4.88 Å². The Morgan fingerprint density at radius 2 is 1.78 bits per heavy atom. The molecule has 3 aromatic rings. The minimum atomic E-state index is -1.02. The molecule has 0 bridgehead atoms. The van der Waals surface area contributed by atoms with Gasteiger partial charge in [-0.2, -0.15) is 10.5 Å². The molecule has 0 radical (unpaired) electrons. The molecule has 4 rings (SSSR count). The third-order valence-electron chi connectivity index (χ3n) is 5.79. The molecule has 2 N–H and O–H groups in total. The number of nitrogens with zero attached hydrogens (tertiary/aromatic N) is 2. The second-order valence-electron chi connectivity index (χ2n) is 8.26. The Labute approximate surface area is 227 Å². The van der Waals surface area contributed by atoms with Crippen LogP contribution < -0.4 is 10.1 Å². The smallest absolute Gasteiger partial charge is 0.335 e. The number of carbonyl (C=O) groups is 2. The number of nitriles is 2. The van der Waals surface area contributed by atoms with E-state index in [1.54, 1.807) is 12.1 Å². The predicted octanol–water partition coefficient (Wildman–Crippen LogP) is 6.63. The van der Waals surface area contributed by atoms with Gasteiger partial charge in [-0.1, -0.05) is 35.3 Å². The number of rotatable bonds is 7. The number of thiophene rings is 1. The zero-order valence-corrected chi connectivity index (χ0v) is 21.6. The van der Waals surface area contributed by atoms with Crippen molar-refractivity contribution in [2.24, 2.45) is 0 Å². The van der Waals surface area contributed by atoms with E-state index in [1.165, 1.54) is 41.7 Å². The number of carboxylic acid groups (broad SMARTS) is 1. The summed E-state index contributed by atoms with van der Waals surface area (Å²) < 4.78 is 5.73. The molecule has 2 aromatic carbocycles. The number of aryl methyl sites for hydroxylation is 1. The van der Waals surface area contributed by atoms with E-state index in [-0.39, 0.29) is 33.5 Å². The number of anilines is 1. The third kappa shape index (κ3) is 5.95. The first kappa shape index (κ1) is 26.2. The molecule has 0 saturated carbocycles. The van der Waals surface area contributed by atoms with E-state index in [4.69, 9.17) is 33.0 Å². The zero-order valence-electron chi connectivity index (χ0n) is 19.3. The van der Waals surface area contributed by atoms with Crippen molar-refractivity contribution >= 4 is 57.5 Å². The summed E-state index contributed by atoms with van der Waals surface area (Å²) in [6.07, 6.45) is 5.11. The largest absolute Gasteiger partial charge is 0.486 e. The lowest BCUT2D eigenvalue weighted by Crippen LogP contribution is -2.13. The van der Waals surface area contributed by atoms with Crippen molar-refractivity contribution in [1.29, 1.82) is 10.5 Å². The van der Waals surface area contributed by atoms with Gasteiger partial charge in [0.25, 0.3) is 5.91 Å². The van der Waals surface area contributed by atoms with Crippen molar-refractivity contribution < 1.29 is 19.4 Å². The van der Waals surface area contributed by atoms with Crippen LogP contribution in [0.1, 0.15) is 50.3 Å². The van der Waals surface area contributed by atoms with Crippen molar-refractivity contribution in [3.05, 3.63) is 84.7 Å².